The van der Waals surface area contributed by atoms with Crippen LogP contribution < -0.4 is 10.5 Å². The van der Waals surface area contributed by atoms with E-state index in [-0.39, 0.29) is 12.1 Å². The summed E-state index contributed by atoms with van der Waals surface area (Å²) in [5.74, 6) is 2.92. The van der Waals surface area contributed by atoms with Gasteiger partial charge < -0.3 is 15.2 Å². The Labute approximate surface area is 121 Å². The molecule has 1 aromatic rings. The maximum Gasteiger partial charge on any atom is 0.119 e. The van der Waals surface area contributed by atoms with E-state index >= 15 is 0 Å². The molecule has 3 nitrogen and oxygen atoms in total. The highest BCUT2D eigenvalue weighted by molar-refractivity contribution is 9.10. The summed E-state index contributed by atoms with van der Waals surface area (Å²) in [5, 5.41) is 0. The third-order valence-electron chi connectivity index (χ3n) is 3.03. The van der Waals surface area contributed by atoms with Crippen molar-refractivity contribution < 1.29 is 9.47 Å². The molecule has 1 fully saturated rings. The van der Waals surface area contributed by atoms with Crippen molar-refractivity contribution in [3.63, 3.8) is 0 Å². The lowest BCUT2D eigenvalue weighted by Gasteiger charge is -2.28. The third kappa shape index (κ3) is 3.63. The standard InChI is InChI=1S/C13H18BrNO2S/c1-16-10-2-3-11(14)9(6-10)7-12(15)13-8-18-5-4-17-13/h2-3,6,12-13H,4-5,7-8,15H2,1H3. The molecule has 0 aliphatic carbocycles. The zero-order valence-electron chi connectivity index (χ0n) is 10.4. The molecule has 0 bridgehead atoms. The summed E-state index contributed by atoms with van der Waals surface area (Å²) in [7, 11) is 1.67. The van der Waals surface area contributed by atoms with E-state index in [0.29, 0.717) is 0 Å². The van der Waals surface area contributed by atoms with Crippen molar-refractivity contribution in [3.8, 4) is 5.75 Å². The first kappa shape index (κ1) is 14.2. The molecule has 2 unspecified atom stereocenters. The maximum absolute atomic E-state index is 6.24. The molecule has 0 spiro atoms. The van der Waals surface area contributed by atoms with Crippen molar-refractivity contribution in [2.24, 2.45) is 5.73 Å². The lowest BCUT2D eigenvalue weighted by atomic mass is 10.0. The fourth-order valence-corrected chi connectivity index (χ4v) is 3.34. The Hall–Kier alpha value is -0.230. The van der Waals surface area contributed by atoms with Gasteiger partial charge in [-0.25, -0.2) is 0 Å². The summed E-state index contributed by atoms with van der Waals surface area (Å²) < 4.78 is 12.0. The lowest BCUT2D eigenvalue weighted by Crippen LogP contribution is -2.42. The highest BCUT2D eigenvalue weighted by Gasteiger charge is 2.22. The molecular formula is C13H18BrNO2S. The van der Waals surface area contributed by atoms with Crippen LogP contribution in [0.25, 0.3) is 0 Å². The van der Waals surface area contributed by atoms with E-state index in [2.05, 4.69) is 15.9 Å². The van der Waals surface area contributed by atoms with Crippen LogP contribution in [0.5, 0.6) is 5.75 Å². The summed E-state index contributed by atoms with van der Waals surface area (Å²) in [6.07, 6.45) is 0.949. The molecule has 1 aromatic carbocycles. The number of benzene rings is 1. The van der Waals surface area contributed by atoms with Crippen LogP contribution in [0.2, 0.25) is 0 Å². The quantitative estimate of drug-likeness (QED) is 0.920. The first-order chi connectivity index (χ1) is 8.70. The van der Waals surface area contributed by atoms with Crippen molar-refractivity contribution in [2.75, 3.05) is 25.2 Å². The van der Waals surface area contributed by atoms with Gasteiger partial charge in [0, 0.05) is 22.0 Å². The summed E-state index contributed by atoms with van der Waals surface area (Å²) in [6, 6.07) is 5.99. The molecule has 5 heteroatoms. The molecule has 2 N–H and O–H groups in total. The van der Waals surface area contributed by atoms with Gasteiger partial charge in [0.05, 0.1) is 19.8 Å². The van der Waals surface area contributed by atoms with Crippen molar-refractivity contribution in [1.29, 1.82) is 0 Å². The van der Waals surface area contributed by atoms with E-state index in [1.165, 1.54) is 5.56 Å². The average molecular weight is 332 g/mol. The molecular weight excluding hydrogens is 314 g/mol. The van der Waals surface area contributed by atoms with Crippen LogP contribution in [-0.4, -0.2) is 37.4 Å². The SMILES string of the molecule is COc1ccc(Br)c(CC(N)C2CSCCO2)c1. The largest absolute Gasteiger partial charge is 0.497 e. The highest BCUT2D eigenvalue weighted by atomic mass is 79.9. The van der Waals surface area contributed by atoms with Crippen LogP contribution in [0.1, 0.15) is 5.56 Å². The second-order valence-electron chi connectivity index (χ2n) is 4.31. The van der Waals surface area contributed by atoms with E-state index in [4.69, 9.17) is 15.2 Å². The number of hydrogen-bond donors (Lipinski definition) is 1. The number of hydrogen-bond acceptors (Lipinski definition) is 4. The smallest absolute Gasteiger partial charge is 0.119 e. The molecule has 100 valence electrons. The van der Waals surface area contributed by atoms with Gasteiger partial charge in [-0.3, -0.25) is 0 Å². The van der Waals surface area contributed by atoms with Crippen LogP contribution in [-0.2, 0) is 11.2 Å². The third-order valence-corrected chi connectivity index (χ3v) is 4.82. The highest BCUT2D eigenvalue weighted by Crippen LogP contribution is 2.25. The Kier molecular flexibility index (Phi) is 5.36. The number of thioether (sulfide) groups is 1. The second-order valence-corrected chi connectivity index (χ2v) is 6.31. The Bertz CT molecular complexity index is 397. The van der Waals surface area contributed by atoms with Gasteiger partial charge in [-0.2, -0.15) is 11.8 Å². The molecule has 2 atom stereocenters. The van der Waals surface area contributed by atoms with Crippen molar-refractivity contribution in [2.45, 2.75) is 18.6 Å². The predicted octanol–water partition coefficient (Wildman–Crippen LogP) is 2.46. The Balaban J connectivity index is 2.03. The monoisotopic (exact) mass is 331 g/mol. The Morgan fingerprint density at radius 3 is 3.11 bits per heavy atom. The van der Waals surface area contributed by atoms with Crippen molar-refractivity contribution >= 4 is 27.7 Å². The minimum Gasteiger partial charge on any atom is -0.497 e. The van der Waals surface area contributed by atoms with E-state index in [1.54, 1.807) is 7.11 Å². The van der Waals surface area contributed by atoms with E-state index < -0.39 is 0 Å². The minimum atomic E-state index is 0.0289. The minimum absolute atomic E-state index is 0.0289. The van der Waals surface area contributed by atoms with Crippen LogP contribution in [0, 0.1) is 0 Å². The normalized spacial score (nSPS) is 21.6. The first-order valence-electron chi connectivity index (χ1n) is 5.98. The van der Waals surface area contributed by atoms with Crippen LogP contribution in [0.15, 0.2) is 22.7 Å². The Morgan fingerprint density at radius 2 is 2.44 bits per heavy atom. The fraction of sp³-hybridized carbons (Fsp3) is 0.538. The predicted molar refractivity (Wildman–Crippen MR) is 79.4 cm³/mol. The molecule has 2 rings (SSSR count). The molecule has 0 radical (unpaired) electrons. The van der Waals surface area contributed by atoms with E-state index in [1.807, 2.05) is 30.0 Å². The molecule has 0 amide bonds. The number of methoxy groups -OCH3 is 1. The molecule has 1 saturated heterocycles. The fourth-order valence-electron chi connectivity index (χ4n) is 1.97. The number of halogens is 1. The molecule has 1 aliphatic heterocycles. The van der Waals surface area contributed by atoms with Crippen molar-refractivity contribution in [1.82, 2.24) is 0 Å². The zero-order valence-corrected chi connectivity index (χ0v) is 12.8. The summed E-state index contributed by atoms with van der Waals surface area (Å²) in [5.41, 5.74) is 7.41. The number of rotatable bonds is 4. The van der Waals surface area contributed by atoms with E-state index in [9.17, 15) is 0 Å². The molecule has 1 heterocycles. The van der Waals surface area contributed by atoms with Gasteiger partial charge in [0.15, 0.2) is 0 Å². The summed E-state index contributed by atoms with van der Waals surface area (Å²) >= 11 is 5.47. The molecule has 1 aliphatic rings. The van der Waals surface area contributed by atoms with Gasteiger partial charge in [-0.05, 0) is 30.2 Å². The first-order valence-corrected chi connectivity index (χ1v) is 7.93. The zero-order chi connectivity index (χ0) is 13.0. The van der Waals surface area contributed by atoms with Gasteiger partial charge in [-0.1, -0.05) is 15.9 Å². The van der Waals surface area contributed by atoms with Crippen molar-refractivity contribution in [3.05, 3.63) is 28.2 Å². The second kappa shape index (κ2) is 6.80. The van der Waals surface area contributed by atoms with Gasteiger partial charge in [-0.15, -0.1) is 0 Å². The lowest BCUT2D eigenvalue weighted by molar-refractivity contribution is 0.0571. The molecule has 0 saturated carbocycles. The van der Waals surface area contributed by atoms with Gasteiger partial charge in [0.1, 0.15) is 5.75 Å². The molecule has 0 aromatic heterocycles. The van der Waals surface area contributed by atoms with Crippen LogP contribution >= 0.6 is 27.7 Å². The summed E-state index contributed by atoms with van der Waals surface area (Å²) in [6.45, 7) is 0.808. The van der Waals surface area contributed by atoms with Gasteiger partial charge in [0.2, 0.25) is 0 Å². The van der Waals surface area contributed by atoms with Crippen LogP contribution in [0.3, 0.4) is 0 Å². The summed E-state index contributed by atoms with van der Waals surface area (Å²) in [4.78, 5) is 0. The van der Waals surface area contributed by atoms with Gasteiger partial charge >= 0.3 is 0 Å². The number of nitrogens with two attached hydrogens (primary N) is 1. The Morgan fingerprint density at radius 1 is 1.61 bits per heavy atom. The average Bonchev–Trinajstić information content (AvgIpc) is 2.42. The molecule has 18 heavy (non-hydrogen) atoms. The van der Waals surface area contributed by atoms with Gasteiger partial charge in [0.25, 0.3) is 0 Å². The topological polar surface area (TPSA) is 44.5 Å². The van der Waals surface area contributed by atoms with E-state index in [0.717, 1.165) is 34.8 Å². The number of ether oxygens (including phenoxy) is 2. The van der Waals surface area contributed by atoms with Crippen LogP contribution in [0.4, 0.5) is 0 Å². The maximum atomic E-state index is 6.24.